The fraction of sp³-hybridized carbons (Fsp3) is 0.692. The average Bonchev–Trinajstić information content (AvgIpc) is 2.80. The van der Waals surface area contributed by atoms with Gasteiger partial charge in [-0.2, -0.15) is 5.10 Å². The molecule has 0 atom stereocenters. The van der Waals surface area contributed by atoms with Crippen LogP contribution in [0.15, 0.2) is 6.20 Å². The van der Waals surface area contributed by atoms with E-state index >= 15 is 0 Å². The SMILES string of the molecule is CCn1cc(N)c(C(=O)N(C)CC2CCOCC2)n1. The molecule has 2 rings (SSSR count). The maximum absolute atomic E-state index is 12.3. The minimum Gasteiger partial charge on any atom is -0.396 e. The van der Waals surface area contributed by atoms with E-state index in [2.05, 4.69) is 5.10 Å². The summed E-state index contributed by atoms with van der Waals surface area (Å²) < 4.78 is 7.01. The van der Waals surface area contributed by atoms with Crippen molar-refractivity contribution in [2.75, 3.05) is 32.5 Å². The quantitative estimate of drug-likeness (QED) is 0.881. The molecule has 1 aromatic rings. The monoisotopic (exact) mass is 266 g/mol. The third kappa shape index (κ3) is 3.26. The Morgan fingerprint density at radius 3 is 2.84 bits per heavy atom. The van der Waals surface area contributed by atoms with Crippen LogP contribution in [0.2, 0.25) is 0 Å². The van der Waals surface area contributed by atoms with Crippen LogP contribution in [-0.4, -0.2) is 47.4 Å². The van der Waals surface area contributed by atoms with Crippen molar-refractivity contribution in [1.29, 1.82) is 0 Å². The second-order valence-corrected chi connectivity index (χ2v) is 5.03. The number of hydrogen-bond donors (Lipinski definition) is 1. The van der Waals surface area contributed by atoms with Crippen molar-refractivity contribution in [3.63, 3.8) is 0 Å². The average molecular weight is 266 g/mol. The highest BCUT2D eigenvalue weighted by Gasteiger charge is 2.22. The second-order valence-electron chi connectivity index (χ2n) is 5.03. The van der Waals surface area contributed by atoms with E-state index < -0.39 is 0 Å². The van der Waals surface area contributed by atoms with Crippen LogP contribution in [0.1, 0.15) is 30.3 Å². The fourth-order valence-corrected chi connectivity index (χ4v) is 2.34. The van der Waals surface area contributed by atoms with Gasteiger partial charge in [0.15, 0.2) is 5.69 Å². The van der Waals surface area contributed by atoms with Crippen molar-refractivity contribution in [3.8, 4) is 0 Å². The molecular weight excluding hydrogens is 244 g/mol. The Morgan fingerprint density at radius 2 is 2.26 bits per heavy atom. The maximum atomic E-state index is 12.3. The molecular formula is C13H22N4O2. The third-order valence-electron chi connectivity index (χ3n) is 3.54. The molecule has 106 valence electrons. The van der Waals surface area contributed by atoms with Crippen molar-refractivity contribution >= 4 is 11.6 Å². The first kappa shape index (κ1) is 13.9. The number of nitrogen functional groups attached to an aromatic ring is 1. The van der Waals surface area contributed by atoms with Crippen molar-refractivity contribution in [2.45, 2.75) is 26.3 Å². The number of amides is 1. The molecule has 0 radical (unpaired) electrons. The smallest absolute Gasteiger partial charge is 0.276 e. The lowest BCUT2D eigenvalue weighted by molar-refractivity contribution is 0.0495. The third-order valence-corrected chi connectivity index (χ3v) is 3.54. The normalized spacial score (nSPS) is 16.5. The number of aryl methyl sites for hydroxylation is 1. The number of aromatic nitrogens is 2. The summed E-state index contributed by atoms with van der Waals surface area (Å²) in [7, 11) is 1.81. The number of carbonyl (C=O) groups is 1. The molecule has 1 aliphatic rings. The van der Waals surface area contributed by atoms with Crippen LogP contribution in [0.5, 0.6) is 0 Å². The highest BCUT2D eigenvalue weighted by molar-refractivity contribution is 5.96. The summed E-state index contributed by atoms with van der Waals surface area (Å²) in [6.45, 7) is 4.99. The van der Waals surface area contributed by atoms with E-state index in [4.69, 9.17) is 10.5 Å². The fourth-order valence-electron chi connectivity index (χ4n) is 2.34. The highest BCUT2D eigenvalue weighted by atomic mass is 16.5. The number of nitrogens with zero attached hydrogens (tertiary/aromatic N) is 3. The van der Waals surface area contributed by atoms with E-state index in [0.29, 0.717) is 23.8 Å². The Morgan fingerprint density at radius 1 is 1.58 bits per heavy atom. The lowest BCUT2D eigenvalue weighted by Crippen LogP contribution is -2.34. The van der Waals surface area contributed by atoms with Gasteiger partial charge in [-0.15, -0.1) is 0 Å². The van der Waals surface area contributed by atoms with E-state index in [9.17, 15) is 4.79 Å². The van der Waals surface area contributed by atoms with Gasteiger partial charge >= 0.3 is 0 Å². The molecule has 0 aliphatic carbocycles. The van der Waals surface area contributed by atoms with Crippen molar-refractivity contribution < 1.29 is 9.53 Å². The molecule has 1 aliphatic heterocycles. The lowest BCUT2D eigenvalue weighted by Gasteiger charge is -2.26. The molecule has 2 N–H and O–H groups in total. The summed E-state index contributed by atoms with van der Waals surface area (Å²) in [6, 6.07) is 0. The highest BCUT2D eigenvalue weighted by Crippen LogP contribution is 2.18. The van der Waals surface area contributed by atoms with E-state index in [1.54, 1.807) is 15.8 Å². The Balaban J connectivity index is 1.99. The van der Waals surface area contributed by atoms with Crippen LogP contribution in [0.4, 0.5) is 5.69 Å². The second kappa shape index (κ2) is 6.06. The molecule has 6 nitrogen and oxygen atoms in total. The predicted octanol–water partition coefficient (Wildman–Crippen LogP) is 0.984. The van der Waals surface area contributed by atoms with Crippen LogP contribution < -0.4 is 5.73 Å². The zero-order valence-electron chi connectivity index (χ0n) is 11.6. The summed E-state index contributed by atoms with van der Waals surface area (Å²) in [5.41, 5.74) is 6.65. The first-order valence-electron chi connectivity index (χ1n) is 6.78. The zero-order valence-corrected chi connectivity index (χ0v) is 11.6. The Kier molecular flexibility index (Phi) is 4.42. The first-order chi connectivity index (χ1) is 9.11. The summed E-state index contributed by atoms with van der Waals surface area (Å²) in [5.74, 6) is 0.411. The molecule has 1 saturated heterocycles. The number of ether oxygens (including phenoxy) is 1. The summed E-state index contributed by atoms with van der Waals surface area (Å²) in [6.07, 6.45) is 3.72. The van der Waals surface area contributed by atoms with E-state index in [-0.39, 0.29) is 5.91 Å². The Labute approximate surface area is 113 Å². The Hall–Kier alpha value is -1.56. The standard InChI is InChI=1S/C13H22N4O2/c1-3-17-9-11(14)12(15-17)13(18)16(2)8-10-4-6-19-7-5-10/h9-10H,3-8,14H2,1-2H3. The first-order valence-corrected chi connectivity index (χ1v) is 6.78. The molecule has 1 aromatic heterocycles. The van der Waals surface area contributed by atoms with Gasteiger partial charge < -0.3 is 15.4 Å². The number of nitrogens with two attached hydrogens (primary N) is 1. The van der Waals surface area contributed by atoms with Crippen LogP contribution in [0.25, 0.3) is 0 Å². The molecule has 2 heterocycles. The summed E-state index contributed by atoms with van der Waals surface area (Å²) in [4.78, 5) is 14.0. The van der Waals surface area contributed by atoms with Gasteiger partial charge in [-0.3, -0.25) is 9.48 Å². The molecule has 0 saturated carbocycles. The van der Waals surface area contributed by atoms with Gasteiger partial charge in [0.25, 0.3) is 5.91 Å². The predicted molar refractivity (Wildman–Crippen MR) is 72.8 cm³/mol. The minimum absolute atomic E-state index is 0.101. The largest absolute Gasteiger partial charge is 0.396 e. The minimum atomic E-state index is -0.101. The van der Waals surface area contributed by atoms with E-state index in [1.807, 2.05) is 14.0 Å². The van der Waals surface area contributed by atoms with Crippen molar-refractivity contribution in [2.24, 2.45) is 5.92 Å². The van der Waals surface area contributed by atoms with Crippen LogP contribution in [0, 0.1) is 5.92 Å². The van der Waals surface area contributed by atoms with Crippen LogP contribution >= 0.6 is 0 Å². The van der Waals surface area contributed by atoms with Gasteiger partial charge in [-0.05, 0) is 25.7 Å². The van der Waals surface area contributed by atoms with Crippen LogP contribution in [-0.2, 0) is 11.3 Å². The number of anilines is 1. The Bertz CT molecular complexity index is 438. The van der Waals surface area contributed by atoms with Gasteiger partial charge in [0.1, 0.15) is 0 Å². The topological polar surface area (TPSA) is 73.4 Å². The lowest BCUT2D eigenvalue weighted by atomic mass is 10.00. The number of rotatable bonds is 4. The molecule has 19 heavy (non-hydrogen) atoms. The molecule has 0 bridgehead atoms. The molecule has 1 amide bonds. The molecule has 1 fully saturated rings. The van der Waals surface area contributed by atoms with Gasteiger partial charge in [-0.25, -0.2) is 0 Å². The summed E-state index contributed by atoms with van der Waals surface area (Å²) >= 11 is 0. The van der Waals surface area contributed by atoms with E-state index in [0.717, 1.165) is 32.6 Å². The van der Waals surface area contributed by atoms with Crippen LogP contribution in [0.3, 0.4) is 0 Å². The van der Waals surface area contributed by atoms with Crippen molar-refractivity contribution in [3.05, 3.63) is 11.9 Å². The van der Waals surface area contributed by atoms with Crippen molar-refractivity contribution in [1.82, 2.24) is 14.7 Å². The van der Waals surface area contributed by atoms with Gasteiger partial charge in [-0.1, -0.05) is 0 Å². The zero-order chi connectivity index (χ0) is 13.8. The molecule has 0 unspecified atom stereocenters. The number of hydrogen-bond acceptors (Lipinski definition) is 4. The summed E-state index contributed by atoms with van der Waals surface area (Å²) in [5, 5.41) is 4.22. The van der Waals surface area contributed by atoms with Gasteiger partial charge in [0.2, 0.25) is 0 Å². The van der Waals surface area contributed by atoms with E-state index in [1.165, 1.54) is 0 Å². The maximum Gasteiger partial charge on any atom is 0.276 e. The van der Waals surface area contributed by atoms with Gasteiger partial charge in [0, 0.05) is 39.5 Å². The molecule has 6 heteroatoms. The number of carbonyl (C=O) groups excluding carboxylic acids is 1. The molecule has 0 aromatic carbocycles. The molecule has 0 spiro atoms. The van der Waals surface area contributed by atoms with Gasteiger partial charge in [0.05, 0.1) is 5.69 Å².